The smallest absolute Gasteiger partial charge is 0.127 e. The number of hydrogen-bond acceptors (Lipinski definition) is 1. The van der Waals surface area contributed by atoms with Crippen molar-refractivity contribution in [2.24, 2.45) is 0 Å². The fourth-order valence-electron chi connectivity index (χ4n) is 2.24. The Labute approximate surface area is 141 Å². The summed E-state index contributed by atoms with van der Waals surface area (Å²) in [7, 11) is 0. The molecule has 114 valence electrons. The van der Waals surface area contributed by atoms with Crippen LogP contribution in [0.2, 0.25) is 5.02 Å². The van der Waals surface area contributed by atoms with E-state index in [2.05, 4.69) is 24.3 Å². The van der Waals surface area contributed by atoms with Crippen molar-refractivity contribution in [3.63, 3.8) is 0 Å². The highest BCUT2D eigenvalue weighted by molar-refractivity contribution is 6.30. The van der Waals surface area contributed by atoms with Gasteiger partial charge in [-0.2, -0.15) is 0 Å². The zero-order valence-electron chi connectivity index (χ0n) is 12.7. The van der Waals surface area contributed by atoms with Crippen LogP contribution in [0.5, 0.6) is 5.75 Å². The first-order valence-electron chi connectivity index (χ1n) is 7.51. The fraction of sp³-hybridized carbons (Fsp3) is 0.0476. The topological polar surface area (TPSA) is 9.23 Å². The molecule has 0 bridgehead atoms. The van der Waals surface area contributed by atoms with Crippen LogP contribution in [0.3, 0.4) is 0 Å². The number of hydrogen-bond donors (Lipinski definition) is 0. The zero-order valence-corrected chi connectivity index (χ0v) is 13.4. The van der Waals surface area contributed by atoms with Crippen molar-refractivity contribution < 1.29 is 4.74 Å². The molecule has 2 heteroatoms. The third-order valence-corrected chi connectivity index (χ3v) is 3.73. The van der Waals surface area contributed by atoms with Crippen molar-refractivity contribution >= 4 is 23.8 Å². The van der Waals surface area contributed by atoms with Crippen LogP contribution in [0, 0.1) is 0 Å². The molecule has 0 aromatic heterocycles. The lowest BCUT2D eigenvalue weighted by Gasteiger charge is -2.09. The van der Waals surface area contributed by atoms with Crippen molar-refractivity contribution in [3.05, 3.63) is 101 Å². The Hall–Kier alpha value is -2.51. The Morgan fingerprint density at radius 3 is 2.22 bits per heavy atom. The molecule has 23 heavy (non-hydrogen) atoms. The molecule has 0 saturated carbocycles. The molecule has 0 radical (unpaired) electrons. The summed E-state index contributed by atoms with van der Waals surface area (Å²) >= 11 is 5.91. The largest absolute Gasteiger partial charge is 0.488 e. The second-order valence-electron chi connectivity index (χ2n) is 5.20. The number of ether oxygens (including phenoxy) is 1. The SMILES string of the molecule is Clc1ccc(/C=C/c2ccccc2OCc2ccccc2)cc1. The normalized spacial score (nSPS) is 10.8. The average Bonchev–Trinajstić information content (AvgIpc) is 2.61. The van der Waals surface area contributed by atoms with E-state index in [9.17, 15) is 0 Å². The highest BCUT2D eigenvalue weighted by Crippen LogP contribution is 2.22. The van der Waals surface area contributed by atoms with Gasteiger partial charge < -0.3 is 4.74 Å². The van der Waals surface area contributed by atoms with E-state index in [1.54, 1.807) is 0 Å². The van der Waals surface area contributed by atoms with Crippen molar-refractivity contribution in [1.29, 1.82) is 0 Å². The molecular formula is C21H17ClO. The van der Waals surface area contributed by atoms with Crippen molar-refractivity contribution in [2.45, 2.75) is 6.61 Å². The first kappa shape index (κ1) is 15.4. The molecular weight excluding hydrogens is 304 g/mol. The van der Waals surface area contributed by atoms with Gasteiger partial charge in [0, 0.05) is 10.6 Å². The van der Waals surface area contributed by atoms with Crippen molar-refractivity contribution in [3.8, 4) is 5.75 Å². The number of para-hydroxylation sites is 1. The van der Waals surface area contributed by atoms with Gasteiger partial charge in [0.25, 0.3) is 0 Å². The summed E-state index contributed by atoms with van der Waals surface area (Å²) in [6.45, 7) is 0.562. The Morgan fingerprint density at radius 1 is 0.739 bits per heavy atom. The molecule has 0 aliphatic carbocycles. The second-order valence-corrected chi connectivity index (χ2v) is 5.63. The van der Waals surface area contributed by atoms with Gasteiger partial charge in [-0.05, 0) is 29.3 Å². The molecule has 3 aromatic carbocycles. The van der Waals surface area contributed by atoms with Gasteiger partial charge in [-0.3, -0.25) is 0 Å². The third-order valence-electron chi connectivity index (χ3n) is 3.48. The maximum atomic E-state index is 5.96. The lowest BCUT2D eigenvalue weighted by molar-refractivity contribution is 0.305. The lowest BCUT2D eigenvalue weighted by Crippen LogP contribution is -1.96. The molecule has 3 aromatic rings. The van der Waals surface area contributed by atoms with Gasteiger partial charge in [-0.1, -0.05) is 84.4 Å². The third kappa shape index (κ3) is 4.48. The maximum Gasteiger partial charge on any atom is 0.127 e. The zero-order chi connectivity index (χ0) is 15.9. The van der Waals surface area contributed by atoms with E-state index in [4.69, 9.17) is 16.3 Å². The van der Waals surface area contributed by atoms with E-state index in [-0.39, 0.29) is 0 Å². The minimum atomic E-state index is 0.562. The summed E-state index contributed by atoms with van der Waals surface area (Å²) in [5.74, 6) is 0.876. The van der Waals surface area contributed by atoms with E-state index in [0.717, 1.165) is 27.5 Å². The summed E-state index contributed by atoms with van der Waals surface area (Å²) < 4.78 is 5.96. The minimum Gasteiger partial charge on any atom is -0.488 e. The number of rotatable bonds is 5. The Morgan fingerprint density at radius 2 is 1.43 bits per heavy atom. The van der Waals surface area contributed by atoms with Crippen molar-refractivity contribution in [1.82, 2.24) is 0 Å². The van der Waals surface area contributed by atoms with Gasteiger partial charge in [0.2, 0.25) is 0 Å². The number of benzene rings is 3. The average molecular weight is 321 g/mol. The molecule has 0 aliphatic heterocycles. The van der Waals surface area contributed by atoms with E-state index < -0.39 is 0 Å². The Bertz CT molecular complexity index is 776. The Balaban J connectivity index is 1.73. The predicted molar refractivity (Wildman–Crippen MR) is 97.6 cm³/mol. The number of halogens is 1. The molecule has 1 nitrogen and oxygen atoms in total. The van der Waals surface area contributed by atoms with Crippen LogP contribution >= 0.6 is 11.6 Å². The molecule has 0 unspecified atom stereocenters. The molecule has 0 atom stereocenters. The molecule has 0 saturated heterocycles. The van der Waals surface area contributed by atoms with E-state index in [1.807, 2.05) is 66.7 Å². The van der Waals surface area contributed by atoms with E-state index >= 15 is 0 Å². The first-order chi connectivity index (χ1) is 11.3. The van der Waals surface area contributed by atoms with Gasteiger partial charge in [0.05, 0.1) is 0 Å². The van der Waals surface area contributed by atoms with Crippen LogP contribution < -0.4 is 4.74 Å². The van der Waals surface area contributed by atoms with Gasteiger partial charge in [0.15, 0.2) is 0 Å². The van der Waals surface area contributed by atoms with E-state index in [1.165, 1.54) is 0 Å². The maximum absolute atomic E-state index is 5.96. The van der Waals surface area contributed by atoms with Gasteiger partial charge >= 0.3 is 0 Å². The van der Waals surface area contributed by atoms with Gasteiger partial charge in [-0.15, -0.1) is 0 Å². The van der Waals surface area contributed by atoms with Crippen LogP contribution in [-0.2, 0) is 6.61 Å². The molecule has 3 rings (SSSR count). The summed E-state index contributed by atoms with van der Waals surface area (Å²) in [5, 5.41) is 0.744. The van der Waals surface area contributed by atoms with Crippen LogP contribution in [0.15, 0.2) is 78.9 Å². The summed E-state index contributed by atoms with van der Waals surface area (Å²) in [6.07, 6.45) is 4.12. The quantitative estimate of drug-likeness (QED) is 0.517. The molecule has 0 spiro atoms. The molecule has 0 aliphatic rings. The minimum absolute atomic E-state index is 0.562. The van der Waals surface area contributed by atoms with Gasteiger partial charge in [0.1, 0.15) is 12.4 Å². The Kier molecular flexibility index (Phi) is 5.13. The molecule has 0 N–H and O–H groups in total. The molecule has 0 fully saturated rings. The van der Waals surface area contributed by atoms with Crippen LogP contribution in [-0.4, -0.2) is 0 Å². The van der Waals surface area contributed by atoms with Crippen molar-refractivity contribution in [2.75, 3.05) is 0 Å². The fourth-order valence-corrected chi connectivity index (χ4v) is 2.37. The van der Waals surface area contributed by atoms with E-state index in [0.29, 0.717) is 6.61 Å². The summed E-state index contributed by atoms with van der Waals surface area (Å²) in [5.41, 5.74) is 3.31. The lowest BCUT2D eigenvalue weighted by atomic mass is 10.1. The highest BCUT2D eigenvalue weighted by Gasteiger charge is 2.00. The molecule has 0 amide bonds. The summed E-state index contributed by atoms with van der Waals surface area (Å²) in [6, 6.07) is 26.0. The van der Waals surface area contributed by atoms with Crippen LogP contribution in [0.4, 0.5) is 0 Å². The standard InChI is InChI=1S/C21H17ClO/c22-20-14-11-17(12-15-20)10-13-19-8-4-5-9-21(19)23-16-18-6-2-1-3-7-18/h1-15H,16H2/b13-10+. The second kappa shape index (κ2) is 7.66. The van der Waals surface area contributed by atoms with Crippen LogP contribution in [0.25, 0.3) is 12.2 Å². The summed E-state index contributed by atoms with van der Waals surface area (Å²) in [4.78, 5) is 0. The first-order valence-corrected chi connectivity index (χ1v) is 7.88. The van der Waals surface area contributed by atoms with Crippen LogP contribution in [0.1, 0.15) is 16.7 Å². The highest BCUT2D eigenvalue weighted by atomic mass is 35.5. The predicted octanol–water partition coefficient (Wildman–Crippen LogP) is 6.09. The monoisotopic (exact) mass is 320 g/mol. The van der Waals surface area contributed by atoms with Gasteiger partial charge in [-0.25, -0.2) is 0 Å². The molecule has 0 heterocycles.